The van der Waals surface area contributed by atoms with E-state index >= 15 is 0 Å². The Bertz CT molecular complexity index is 647. The van der Waals surface area contributed by atoms with Gasteiger partial charge in [0.2, 0.25) is 0 Å². The first kappa shape index (κ1) is 12.5. The molecule has 0 saturated carbocycles. The van der Waals surface area contributed by atoms with Gasteiger partial charge >= 0.3 is 0 Å². The maximum absolute atomic E-state index is 5.94. The number of hydrogen-bond donors (Lipinski definition) is 2. The fraction of sp³-hybridized carbons (Fsp3) is 0.188. The summed E-state index contributed by atoms with van der Waals surface area (Å²) in [5.41, 5.74) is 9.78. The lowest BCUT2D eigenvalue weighted by atomic mass is 10.0. The monoisotopic (exact) mass is 267 g/mol. The first-order valence-corrected chi connectivity index (χ1v) is 6.61. The van der Waals surface area contributed by atoms with E-state index in [1.54, 1.807) is 7.11 Å². The van der Waals surface area contributed by atoms with E-state index in [2.05, 4.69) is 34.6 Å². The van der Waals surface area contributed by atoms with Crippen LogP contribution in [0, 0.1) is 0 Å². The van der Waals surface area contributed by atoms with Crippen LogP contribution in [0.3, 0.4) is 0 Å². The minimum Gasteiger partial charge on any atom is -0.494 e. The minimum atomic E-state index is 0.649. The van der Waals surface area contributed by atoms with Gasteiger partial charge in [-0.25, -0.2) is 0 Å². The Kier molecular flexibility index (Phi) is 3.29. The number of amidine groups is 1. The molecule has 0 fully saturated rings. The van der Waals surface area contributed by atoms with Crippen LogP contribution in [0.1, 0.15) is 5.56 Å². The summed E-state index contributed by atoms with van der Waals surface area (Å²) in [5, 5.41) is 3.27. The molecule has 0 aromatic heterocycles. The Labute approximate surface area is 118 Å². The van der Waals surface area contributed by atoms with Crippen molar-refractivity contribution in [2.45, 2.75) is 0 Å². The summed E-state index contributed by atoms with van der Waals surface area (Å²) < 4.78 is 5.40. The molecule has 1 heterocycles. The number of hydrogen-bond acceptors (Lipinski definition) is 4. The topological polar surface area (TPSA) is 59.6 Å². The van der Waals surface area contributed by atoms with E-state index in [4.69, 9.17) is 10.5 Å². The second-order valence-electron chi connectivity index (χ2n) is 4.66. The molecule has 0 atom stereocenters. The summed E-state index contributed by atoms with van der Waals surface area (Å²) >= 11 is 0. The Morgan fingerprint density at radius 1 is 1.10 bits per heavy atom. The molecular weight excluding hydrogens is 250 g/mol. The van der Waals surface area contributed by atoms with Crippen molar-refractivity contribution in [1.29, 1.82) is 0 Å². The summed E-state index contributed by atoms with van der Waals surface area (Å²) in [6, 6.07) is 14.0. The molecule has 2 aromatic rings. The first-order chi connectivity index (χ1) is 9.79. The molecule has 0 bridgehead atoms. The first-order valence-electron chi connectivity index (χ1n) is 6.61. The van der Waals surface area contributed by atoms with Gasteiger partial charge in [-0.3, -0.25) is 4.99 Å². The number of nitrogens with zero attached hydrogens (tertiary/aromatic N) is 1. The van der Waals surface area contributed by atoms with Crippen molar-refractivity contribution in [2.24, 2.45) is 4.99 Å². The lowest BCUT2D eigenvalue weighted by molar-refractivity contribution is 0.418. The van der Waals surface area contributed by atoms with Crippen molar-refractivity contribution in [3.63, 3.8) is 0 Å². The number of benzene rings is 2. The highest BCUT2D eigenvalue weighted by Crippen LogP contribution is 2.34. The molecule has 0 spiro atoms. The average molecular weight is 267 g/mol. The number of nitrogen functional groups attached to an aromatic ring is 1. The molecule has 1 aliphatic rings. The number of anilines is 1. The van der Waals surface area contributed by atoms with Gasteiger partial charge < -0.3 is 15.8 Å². The minimum absolute atomic E-state index is 0.649. The number of rotatable bonds is 3. The Balaban J connectivity index is 1.97. The maximum atomic E-state index is 5.94. The van der Waals surface area contributed by atoms with Crippen molar-refractivity contribution < 1.29 is 4.74 Å². The Hall–Kier alpha value is -2.49. The van der Waals surface area contributed by atoms with E-state index in [9.17, 15) is 0 Å². The second-order valence-corrected chi connectivity index (χ2v) is 4.66. The van der Waals surface area contributed by atoms with E-state index in [0.717, 1.165) is 41.4 Å². The van der Waals surface area contributed by atoms with Gasteiger partial charge in [-0.15, -0.1) is 0 Å². The number of ether oxygens (including phenoxy) is 1. The molecule has 3 rings (SSSR count). The van der Waals surface area contributed by atoms with Crippen LogP contribution in [0.2, 0.25) is 0 Å². The Morgan fingerprint density at radius 2 is 1.85 bits per heavy atom. The smallest absolute Gasteiger partial charge is 0.149 e. The van der Waals surface area contributed by atoms with Gasteiger partial charge in [-0.05, 0) is 11.6 Å². The third-order valence-corrected chi connectivity index (χ3v) is 3.39. The highest BCUT2D eigenvalue weighted by atomic mass is 16.5. The van der Waals surface area contributed by atoms with Crippen LogP contribution in [-0.2, 0) is 0 Å². The van der Waals surface area contributed by atoms with Gasteiger partial charge in [0.15, 0.2) is 0 Å². The molecule has 0 unspecified atom stereocenters. The van der Waals surface area contributed by atoms with Crippen LogP contribution in [0.25, 0.3) is 11.1 Å². The fourth-order valence-corrected chi connectivity index (χ4v) is 2.41. The summed E-state index contributed by atoms with van der Waals surface area (Å²) in [6.07, 6.45) is 0. The maximum Gasteiger partial charge on any atom is 0.149 e. The number of aliphatic imine (C=N–C) groups is 1. The third kappa shape index (κ3) is 2.20. The van der Waals surface area contributed by atoms with Gasteiger partial charge in [0.1, 0.15) is 11.6 Å². The highest BCUT2D eigenvalue weighted by Gasteiger charge is 2.11. The van der Waals surface area contributed by atoms with Crippen LogP contribution in [0.5, 0.6) is 5.75 Å². The molecule has 0 saturated heterocycles. The zero-order valence-corrected chi connectivity index (χ0v) is 11.4. The zero-order valence-electron chi connectivity index (χ0n) is 11.4. The summed E-state index contributed by atoms with van der Waals surface area (Å²) in [7, 11) is 1.64. The van der Waals surface area contributed by atoms with Crippen molar-refractivity contribution in [2.75, 3.05) is 25.9 Å². The molecule has 0 aliphatic carbocycles. The van der Waals surface area contributed by atoms with Gasteiger partial charge in [0.25, 0.3) is 0 Å². The predicted octanol–water partition coefficient (Wildman–Crippen LogP) is 2.29. The van der Waals surface area contributed by atoms with E-state index in [1.807, 2.05) is 18.2 Å². The zero-order chi connectivity index (χ0) is 13.9. The molecule has 4 heteroatoms. The molecule has 4 nitrogen and oxygen atoms in total. The van der Waals surface area contributed by atoms with Gasteiger partial charge in [-0.2, -0.15) is 0 Å². The molecule has 3 N–H and O–H groups in total. The van der Waals surface area contributed by atoms with Gasteiger partial charge in [0.05, 0.1) is 19.3 Å². The van der Waals surface area contributed by atoms with Gasteiger partial charge in [-0.1, -0.05) is 36.4 Å². The van der Waals surface area contributed by atoms with Crippen LogP contribution >= 0.6 is 0 Å². The van der Waals surface area contributed by atoms with Crippen molar-refractivity contribution in [1.82, 2.24) is 5.32 Å². The van der Waals surface area contributed by atoms with E-state index in [1.165, 1.54) is 0 Å². The molecule has 20 heavy (non-hydrogen) atoms. The average Bonchev–Trinajstić information content (AvgIpc) is 3.01. The van der Waals surface area contributed by atoms with Crippen molar-refractivity contribution in [3.8, 4) is 16.9 Å². The highest BCUT2D eigenvalue weighted by molar-refractivity contribution is 6.00. The quantitative estimate of drug-likeness (QED) is 0.839. The lowest BCUT2D eigenvalue weighted by Crippen LogP contribution is -2.19. The van der Waals surface area contributed by atoms with Crippen molar-refractivity contribution >= 4 is 11.5 Å². The van der Waals surface area contributed by atoms with E-state index < -0.39 is 0 Å². The predicted molar refractivity (Wildman–Crippen MR) is 82.2 cm³/mol. The van der Waals surface area contributed by atoms with Crippen LogP contribution < -0.4 is 15.8 Å². The van der Waals surface area contributed by atoms with Crippen LogP contribution in [0.15, 0.2) is 47.5 Å². The molecule has 2 aromatic carbocycles. The fourth-order valence-electron chi connectivity index (χ4n) is 2.41. The lowest BCUT2D eigenvalue weighted by Gasteiger charge is -2.11. The van der Waals surface area contributed by atoms with Gasteiger partial charge in [0, 0.05) is 17.7 Å². The summed E-state index contributed by atoms with van der Waals surface area (Å²) in [4.78, 5) is 4.42. The third-order valence-electron chi connectivity index (χ3n) is 3.39. The number of para-hydroxylation sites is 1. The Morgan fingerprint density at radius 3 is 2.50 bits per heavy atom. The normalized spacial score (nSPS) is 13.8. The molecule has 102 valence electrons. The van der Waals surface area contributed by atoms with Crippen LogP contribution in [-0.4, -0.2) is 26.0 Å². The molecule has 1 aliphatic heterocycles. The summed E-state index contributed by atoms with van der Waals surface area (Å²) in [6.45, 7) is 1.76. The van der Waals surface area contributed by atoms with E-state index in [0.29, 0.717) is 5.69 Å². The summed E-state index contributed by atoms with van der Waals surface area (Å²) in [5.74, 6) is 1.69. The number of nitrogens with one attached hydrogen (secondary N) is 1. The molecular formula is C16H17N3O. The largest absolute Gasteiger partial charge is 0.494 e. The second kappa shape index (κ2) is 5.25. The van der Waals surface area contributed by atoms with Crippen molar-refractivity contribution in [3.05, 3.63) is 48.0 Å². The number of methoxy groups -OCH3 is 1. The van der Waals surface area contributed by atoms with E-state index in [-0.39, 0.29) is 0 Å². The molecule has 0 radical (unpaired) electrons. The SMILES string of the molecule is COc1c(N)cccc1-c1ccc(C2=NCCN2)cc1. The molecule has 0 amide bonds. The number of nitrogens with two attached hydrogens (primary N) is 1. The standard InChI is InChI=1S/C16H17N3O/c1-20-15-13(3-2-4-14(15)17)11-5-7-12(8-6-11)16-18-9-10-19-16/h2-8H,9-10,17H2,1H3,(H,18,19). The van der Waals surface area contributed by atoms with Crippen LogP contribution in [0.4, 0.5) is 5.69 Å².